The quantitative estimate of drug-likeness (QED) is 0.868. The highest BCUT2D eigenvalue weighted by molar-refractivity contribution is 5.55. The lowest BCUT2D eigenvalue weighted by atomic mass is 9.87. The number of benzene rings is 1. The topological polar surface area (TPSA) is 30.5 Å². The molecule has 0 atom stereocenters. The molecule has 0 aliphatic heterocycles. The Labute approximate surface area is 116 Å². The molecular weight excluding hydrogens is 238 g/mol. The Morgan fingerprint density at radius 2 is 1.89 bits per heavy atom. The molecule has 1 aliphatic rings. The first-order valence-electron chi connectivity index (χ1n) is 7.30. The smallest absolute Gasteiger partial charge is 0.163 e. The SMILES string of the molecule is CCOc1cc(NC2CCC(C)CC2)ccc1OC. The summed E-state index contributed by atoms with van der Waals surface area (Å²) in [7, 11) is 1.67. The van der Waals surface area contributed by atoms with Gasteiger partial charge in [0.1, 0.15) is 0 Å². The summed E-state index contributed by atoms with van der Waals surface area (Å²) in [5, 5.41) is 3.62. The van der Waals surface area contributed by atoms with E-state index in [4.69, 9.17) is 9.47 Å². The molecule has 1 fully saturated rings. The van der Waals surface area contributed by atoms with Gasteiger partial charge in [-0.3, -0.25) is 0 Å². The van der Waals surface area contributed by atoms with Gasteiger partial charge in [-0.25, -0.2) is 0 Å². The summed E-state index contributed by atoms with van der Waals surface area (Å²) in [5.74, 6) is 2.50. The Hall–Kier alpha value is -1.38. The van der Waals surface area contributed by atoms with E-state index in [1.54, 1.807) is 7.11 Å². The van der Waals surface area contributed by atoms with E-state index in [2.05, 4.69) is 18.3 Å². The highest BCUT2D eigenvalue weighted by Gasteiger charge is 2.18. The summed E-state index contributed by atoms with van der Waals surface area (Å²) in [4.78, 5) is 0. The van der Waals surface area contributed by atoms with Crippen molar-refractivity contribution >= 4 is 5.69 Å². The first-order valence-corrected chi connectivity index (χ1v) is 7.30. The van der Waals surface area contributed by atoms with Gasteiger partial charge < -0.3 is 14.8 Å². The molecule has 2 rings (SSSR count). The van der Waals surface area contributed by atoms with Crippen LogP contribution in [0.5, 0.6) is 11.5 Å². The van der Waals surface area contributed by atoms with E-state index in [0.29, 0.717) is 12.6 Å². The van der Waals surface area contributed by atoms with Gasteiger partial charge in [-0.05, 0) is 50.7 Å². The highest BCUT2D eigenvalue weighted by atomic mass is 16.5. The van der Waals surface area contributed by atoms with Gasteiger partial charge in [-0.1, -0.05) is 6.92 Å². The summed E-state index contributed by atoms with van der Waals surface area (Å²) < 4.78 is 10.9. The first-order chi connectivity index (χ1) is 9.22. The van der Waals surface area contributed by atoms with Crippen LogP contribution in [0.1, 0.15) is 39.5 Å². The molecular formula is C16H25NO2. The van der Waals surface area contributed by atoms with Crippen LogP contribution in [-0.2, 0) is 0 Å². The summed E-state index contributed by atoms with van der Waals surface area (Å²) in [5.41, 5.74) is 1.13. The van der Waals surface area contributed by atoms with Gasteiger partial charge in [-0.2, -0.15) is 0 Å². The normalized spacial score (nSPS) is 22.9. The number of ether oxygens (including phenoxy) is 2. The summed E-state index contributed by atoms with van der Waals surface area (Å²) >= 11 is 0. The van der Waals surface area contributed by atoms with E-state index in [1.807, 2.05) is 19.1 Å². The Balaban J connectivity index is 2.02. The van der Waals surface area contributed by atoms with Crippen LogP contribution in [0.4, 0.5) is 5.69 Å². The molecule has 0 heterocycles. The minimum Gasteiger partial charge on any atom is -0.493 e. The highest BCUT2D eigenvalue weighted by Crippen LogP contribution is 2.32. The molecule has 1 aromatic carbocycles. The maximum Gasteiger partial charge on any atom is 0.163 e. The van der Waals surface area contributed by atoms with Gasteiger partial charge in [0.25, 0.3) is 0 Å². The van der Waals surface area contributed by atoms with E-state index in [0.717, 1.165) is 23.1 Å². The fraction of sp³-hybridized carbons (Fsp3) is 0.625. The molecule has 106 valence electrons. The maximum atomic E-state index is 5.61. The molecule has 0 bridgehead atoms. The monoisotopic (exact) mass is 263 g/mol. The van der Waals surface area contributed by atoms with Gasteiger partial charge in [0.05, 0.1) is 13.7 Å². The van der Waals surface area contributed by atoms with E-state index in [-0.39, 0.29) is 0 Å². The van der Waals surface area contributed by atoms with Crippen LogP contribution in [0, 0.1) is 5.92 Å². The second-order valence-corrected chi connectivity index (χ2v) is 5.40. The van der Waals surface area contributed by atoms with Crippen molar-refractivity contribution in [1.29, 1.82) is 0 Å². The van der Waals surface area contributed by atoms with E-state index < -0.39 is 0 Å². The molecule has 19 heavy (non-hydrogen) atoms. The van der Waals surface area contributed by atoms with Crippen molar-refractivity contribution in [2.45, 2.75) is 45.6 Å². The van der Waals surface area contributed by atoms with Crippen molar-refractivity contribution in [3.8, 4) is 11.5 Å². The van der Waals surface area contributed by atoms with Gasteiger partial charge in [0.15, 0.2) is 11.5 Å². The first kappa shape index (κ1) is 14.0. The van der Waals surface area contributed by atoms with Crippen molar-refractivity contribution in [3.05, 3.63) is 18.2 Å². The minimum absolute atomic E-state index is 0.596. The average Bonchev–Trinajstić information content (AvgIpc) is 2.42. The van der Waals surface area contributed by atoms with Crippen LogP contribution in [0.25, 0.3) is 0 Å². The number of anilines is 1. The third-order valence-corrected chi connectivity index (χ3v) is 3.85. The van der Waals surface area contributed by atoms with Crippen LogP contribution < -0.4 is 14.8 Å². The summed E-state index contributed by atoms with van der Waals surface area (Å²) in [6, 6.07) is 6.68. The number of nitrogens with one attached hydrogen (secondary N) is 1. The zero-order valence-electron chi connectivity index (χ0n) is 12.2. The number of hydrogen-bond acceptors (Lipinski definition) is 3. The molecule has 3 heteroatoms. The molecule has 0 spiro atoms. The van der Waals surface area contributed by atoms with Crippen molar-refractivity contribution in [2.24, 2.45) is 5.92 Å². The van der Waals surface area contributed by atoms with Gasteiger partial charge in [0, 0.05) is 17.8 Å². The van der Waals surface area contributed by atoms with Crippen LogP contribution in [-0.4, -0.2) is 19.8 Å². The predicted molar refractivity (Wildman–Crippen MR) is 79.2 cm³/mol. The zero-order chi connectivity index (χ0) is 13.7. The average molecular weight is 263 g/mol. The molecule has 0 aromatic heterocycles. The Kier molecular flexibility index (Phi) is 4.94. The van der Waals surface area contributed by atoms with Crippen LogP contribution in [0.3, 0.4) is 0 Å². The molecule has 1 saturated carbocycles. The van der Waals surface area contributed by atoms with Crippen molar-refractivity contribution in [3.63, 3.8) is 0 Å². The van der Waals surface area contributed by atoms with Crippen LogP contribution in [0.15, 0.2) is 18.2 Å². The Morgan fingerprint density at radius 1 is 1.16 bits per heavy atom. The summed E-state index contributed by atoms with van der Waals surface area (Å²) in [6.45, 7) is 4.99. The standard InChI is InChI=1S/C16H25NO2/c1-4-19-16-11-14(9-10-15(16)18-3)17-13-7-5-12(2)6-8-13/h9-13,17H,4-8H2,1-3H3. The fourth-order valence-electron chi connectivity index (χ4n) is 2.67. The number of rotatable bonds is 5. The lowest BCUT2D eigenvalue weighted by molar-refractivity contribution is 0.311. The second kappa shape index (κ2) is 6.69. The van der Waals surface area contributed by atoms with Crippen LogP contribution >= 0.6 is 0 Å². The Morgan fingerprint density at radius 3 is 2.53 bits per heavy atom. The molecule has 1 N–H and O–H groups in total. The molecule has 3 nitrogen and oxygen atoms in total. The van der Waals surface area contributed by atoms with Crippen molar-refractivity contribution in [1.82, 2.24) is 0 Å². The van der Waals surface area contributed by atoms with Gasteiger partial charge in [-0.15, -0.1) is 0 Å². The molecule has 1 aromatic rings. The molecule has 0 unspecified atom stereocenters. The van der Waals surface area contributed by atoms with Gasteiger partial charge in [0.2, 0.25) is 0 Å². The maximum absolute atomic E-state index is 5.61. The van der Waals surface area contributed by atoms with E-state index in [1.165, 1.54) is 25.7 Å². The fourth-order valence-corrected chi connectivity index (χ4v) is 2.67. The predicted octanol–water partition coefficient (Wildman–Crippen LogP) is 4.08. The second-order valence-electron chi connectivity index (χ2n) is 5.40. The Bertz CT molecular complexity index is 398. The zero-order valence-corrected chi connectivity index (χ0v) is 12.2. The third-order valence-electron chi connectivity index (χ3n) is 3.85. The lowest BCUT2D eigenvalue weighted by Gasteiger charge is -2.28. The van der Waals surface area contributed by atoms with Crippen molar-refractivity contribution < 1.29 is 9.47 Å². The van der Waals surface area contributed by atoms with Gasteiger partial charge >= 0.3 is 0 Å². The number of methoxy groups -OCH3 is 1. The minimum atomic E-state index is 0.596. The van der Waals surface area contributed by atoms with E-state index >= 15 is 0 Å². The molecule has 0 radical (unpaired) electrons. The summed E-state index contributed by atoms with van der Waals surface area (Å²) in [6.07, 6.45) is 5.17. The van der Waals surface area contributed by atoms with Crippen molar-refractivity contribution in [2.75, 3.05) is 19.0 Å². The molecule has 0 saturated heterocycles. The molecule has 0 amide bonds. The third kappa shape index (κ3) is 3.79. The largest absolute Gasteiger partial charge is 0.493 e. The molecule has 1 aliphatic carbocycles. The van der Waals surface area contributed by atoms with E-state index in [9.17, 15) is 0 Å². The number of hydrogen-bond donors (Lipinski definition) is 1. The lowest BCUT2D eigenvalue weighted by Crippen LogP contribution is -2.25. The van der Waals surface area contributed by atoms with Crippen LogP contribution in [0.2, 0.25) is 0 Å².